The van der Waals surface area contributed by atoms with Crippen molar-refractivity contribution in [1.82, 2.24) is 4.90 Å². The lowest BCUT2D eigenvalue weighted by Crippen LogP contribution is -2.43. The van der Waals surface area contributed by atoms with Gasteiger partial charge in [-0.25, -0.2) is 0 Å². The van der Waals surface area contributed by atoms with Gasteiger partial charge in [-0.1, -0.05) is 20.8 Å². The van der Waals surface area contributed by atoms with Crippen LogP contribution in [0.3, 0.4) is 0 Å². The minimum Gasteiger partial charge on any atom is -0.302 e. The second kappa shape index (κ2) is 6.15. The lowest BCUT2D eigenvalue weighted by molar-refractivity contribution is 0.114. The second-order valence-electron chi connectivity index (χ2n) is 5.35. The molecule has 0 bridgehead atoms. The lowest BCUT2D eigenvalue weighted by Gasteiger charge is -2.39. The summed E-state index contributed by atoms with van der Waals surface area (Å²) in [5, 5.41) is 0. The topological polar surface area (TPSA) is 3.24 Å². The summed E-state index contributed by atoms with van der Waals surface area (Å²) < 4.78 is 0. The number of rotatable bonds is 5. The van der Waals surface area contributed by atoms with Crippen LogP contribution in [0.4, 0.5) is 0 Å². The van der Waals surface area contributed by atoms with E-state index in [1.54, 1.807) is 0 Å². The molecule has 0 aromatic heterocycles. The van der Waals surface area contributed by atoms with Crippen LogP contribution in [-0.4, -0.2) is 30.3 Å². The summed E-state index contributed by atoms with van der Waals surface area (Å²) in [6, 6.07) is 0. The van der Waals surface area contributed by atoms with Gasteiger partial charge in [0.2, 0.25) is 0 Å². The molecule has 1 rings (SSSR count). The molecule has 1 heterocycles. The number of hydrogen-bond donors (Lipinski definition) is 1. The fourth-order valence-electron chi connectivity index (χ4n) is 2.65. The van der Waals surface area contributed by atoms with Crippen LogP contribution < -0.4 is 0 Å². The summed E-state index contributed by atoms with van der Waals surface area (Å²) in [4.78, 5) is 2.66. The van der Waals surface area contributed by atoms with Crippen LogP contribution in [0.5, 0.6) is 0 Å². The molecule has 1 aliphatic heterocycles. The van der Waals surface area contributed by atoms with Gasteiger partial charge in [-0.2, -0.15) is 12.6 Å². The Bertz CT molecular complexity index is 169. The Labute approximate surface area is 101 Å². The molecule has 0 saturated carbocycles. The fraction of sp³-hybridized carbons (Fsp3) is 1.00. The first-order valence-corrected chi connectivity index (χ1v) is 7.12. The van der Waals surface area contributed by atoms with Crippen LogP contribution in [0, 0.1) is 11.3 Å². The number of nitrogens with zero attached hydrogens (tertiary/aromatic N) is 1. The van der Waals surface area contributed by atoms with Gasteiger partial charge in [0.25, 0.3) is 0 Å². The van der Waals surface area contributed by atoms with Crippen LogP contribution in [0.15, 0.2) is 0 Å². The number of likely N-dealkylation sites (tertiary alicyclic amines) is 1. The number of hydrogen-bond acceptors (Lipinski definition) is 2. The van der Waals surface area contributed by atoms with Crippen molar-refractivity contribution in [2.45, 2.75) is 46.5 Å². The zero-order chi connectivity index (χ0) is 11.3. The van der Waals surface area contributed by atoms with E-state index in [2.05, 4.69) is 38.3 Å². The molecule has 1 saturated heterocycles. The van der Waals surface area contributed by atoms with Gasteiger partial charge in [-0.3, -0.25) is 0 Å². The minimum absolute atomic E-state index is 0.459. The van der Waals surface area contributed by atoms with E-state index in [0.29, 0.717) is 5.41 Å². The van der Waals surface area contributed by atoms with Crippen LogP contribution in [0.25, 0.3) is 0 Å². The maximum absolute atomic E-state index is 4.56. The molecule has 1 atom stereocenters. The third-order valence-electron chi connectivity index (χ3n) is 4.14. The molecule has 0 aliphatic carbocycles. The molecule has 0 radical (unpaired) electrons. The standard InChI is InChI=1S/C13H27NS/c1-4-13(5-2,11-15)10-14-8-6-7-12(3)9-14/h12,15H,4-11H2,1-3H3. The Kier molecular flexibility index (Phi) is 5.48. The van der Waals surface area contributed by atoms with E-state index in [1.807, 2.05) is 0 Å². The molecule has 1 nitrogen and oxygen atoms in total. The van der Waals surface area contributed by atoms with E-state index in [9.17, 15) is 0 Å². The van der Waals surface area contributed by atoms with Gasteiger partial charge >= 0.3 is 0 Å². The average Bonchev–Trinajstić information content (AvgIpc) is 2.26. The molecule has 0 aromatic carbocycles. The highest BCUT2D eigenvalue weighted by molar-refractivity contribution is 7.80. The molecular weight excluding hydrogens is 202 g/mol. The maximum atomic E-state index is 4.56. The first-order chi connectivity index (χ1) is 7.15. The van der Waals surface area contributed by atoms with Gasteiger partial charge in [0.15, 0.2) is 0 Å². The predicted octanol–water partition coefficient (Wildman–Crippen LogP) is 3.45. The average molecular weight is 229 g/mol. The molecule has 0 amide bonds. The SMILES string of the molecule is CCC(CC)(CS)CN1CCCC(C)C1. The van der Waals surface area contributed by atoms with E-state index in [4.69, 9.17) is 0 Å². The lowest BCUT2D eigenvalue weighted by atomic mass is 9.83. The van der Waals surface area contributed by atoms with Gasteiger partial charge < -0.3 is 4.90 Å². The van der Waals surface area contributed by atoms with E-state index in [0.717, 1.165) is 11.7 Å². The summed E-state index contributed by atoms with van der Waals surface area (Å²) >= 11 is 4.56. The van der Waals surface area contributed by atoms with Crippen LogP contribution >= 0.6 is 12.6 Å². The zero-order valence-corrected chi connectivity index (χ0v) is 11.5. The smallest absolute Gasteiger partial charge is 0.00457 e. The highest BCUT2D eigenvalue weighted by atomic mass is 32.1. The molecule has 15 heavy (non-hydrogen) atoms. The summed E-state index contributed by atoms with van der Waals surface area (Å²) in [5.74, 6) is 1.93. The van der Waals surface area contributed by atoms with Gasteiger partial charge in [-0.15, -0.1) is 0 Å². The highest BCUT2D eigenvalue weighted by Crippen LogP contribution is 2.30. The Morgan fingerprint density at radius 2 is 2.00 bits per heavy atom. The normalized spacial score (nSPS) is 24.4. The van der Waals surface area contributed by atoms with Crippen molar-refractivity contribution in [3.63, 3.8) is 0 Å². The van der Waals surface area contributed by atoms with E-state index in [-0.39, 0.29) is 0 Å². The first-order valence-electron chi connectivity index (χ1n) is 6.49. The van der Waals surface area contributed by atoms with Crippen molar-refractivity contribution in [2.24, 2.45) is 11.3 Å². The second-order valence-corrected chi connectivity index (χ2v) is 5.66. The molecule has 0 aromatic rings. The van der Waals surface area contributed by atoms with Crippen molar-refractivity contribution in [3.8, 4) is 0 Å². The summed E-state index contributed by atoms with van der Waals surface area (Å²) in [6.07, 6.45) is 5.33. The maximum Gasteiger partial charge on any atom is 0.00457 e. The Morgan fingerprint density at radius 1 is 1.33 bits per heavy atom. The Balaban J connectivity index is 2.49. The molecule has 0 N–H and O–H groups in total. The van der Waals surface area contributed by atoms with Crippen molar-refractivity contribution in [1.29, 1.82) is 0 Å². The summed E-state index contributed by atoms with van der Waals surface area (Å²) in [5.41, 5.74) is 0.459. The predicted molar refractivity (Wildman–Crippen MR) is 71.7 cm³/mol. The molecule has 1 fully saturated rings. The van der Waals surface area contributed by atoms with Crippen molar-refractivity contribution >= 4 is 12.6 Å². The Hall–Kier alpha value is 0.310. The third-order valence-corrected chi connectivity index (χ3v) is 4.81. The molecular formula is C13H27NS. The summed E-state index contributed by atoms with van der Waals surface area (Å²) in [6.45, 7) is 10.9. The van der Waals surface area contributed by atoms with E-state index >= 15 is 0 Å². The zero-order valence-electron chi connectivity index (χ0n) is 10.6. The van der Waals surface area contributed by atoms with Crippen LogP contribution in [0.2, 0.25) is 0 Å². The molecule has 0 spiro atoms. The van der Waals surface area contributed by atoms with E-state index in [1.165, 1.54) is 45.3 Å². The molecule has 2 heteroatoms. The van der Waals surface area contributed by atoms with Gasteiger partial charge in [0.1, 0.15) is 0 Å². The third kappa shape index (κ3) is 3.67. The number of piperidine rings is 1. The molecule has 1 unspecified atom stereocenters. The Morgan fingerprint density at radius 3 is 2.47 bits per heavy atom. The largest absolute Gasteiger partial charge is 0.302 e. The fourth-order valence-corrected chi connectivity index (χ4v) is 3.20. The van der Waals surface area contributed by atoms with Crippen LogP contribution in [0.1, 0.15) is 46.5 Å². The quantitative estimate of drug-likeness (QED) is 0.707. The van der Waals surface area contributed by atoms with Gasteiger partial charge in [0.05, 0.1) is 0 Å². The van der Waals surface area contributed by atoms with Crippen molar-refractivity contribution in [2.75, 3.05) is 25.4 Å². The van der Waals surface area contributed by atoms with Crippen molar-refractivity contribution in [3.05, 3.63) is 0 Å². The van der Waals surface area contributed by atoms with Crippen LogP contribution in [-0.2, 0) is 0 Å². The molecule has 1 aliphatic rings. The monoisotopic (exact) mass is 229 g/mol. The van der Waals surface area contributed by atoms with Gasteiger partial charge in [-0.05, 0) is 49.3 Å². The highest BCUT2D eigenvalue weighted by Gasteiger charge is 2.28. The molecule has 90 valence electrons. The first kappa shape index (κ1) is 13.4. The summed E-state index contributed by atoms with van der Waals surface area (Å²) in [7, 11) is 0. The number of thiol groups is 1. The van der Waals surface area contributed by atoms with Gasteiger partial charge in [0, 0.05) is 13.1 Å². The van der Waals surface area contributed by atoms with Crippen molar-refractivity contribution < 1.29 is 0 Å². The van der Waals surface area contributed by atoms with E-state index < -0.39 is 0 Å². The minimum atomic E-state index is 0.459.